The molecule has 5 nitrogen and oxygen atoms in total. The molecule has 0 amide bonds. The summed E-state index contributed by atoms with van der Waals surface area (Å²) in [6, 6.07) is 9.77. The van der Waals surface area contributed by atoms with Gasteiger partial charge in [-0.25, -0.2) is 18.1 Å². The van der Waals surface area contributed by atoms with Gasteiger partial charge in [-0.2, -0.15) is 0 Å². The van der Waals surface area contributed by atoms with Crippen LogP contribution in [0.3, 0.4) is 0 Å². The van der Waals surface area contributed by atoms with Crippen molar-refractivity contribution >= 4 is 32.5 Å². The van der Waals surface area contributed by atoms with Gasteiger partial charge >= 0.3 is 0 Å². The molecule has 0 aliphatic rings. The summed E-state index contributed by atoms with van der Waals surface area (Å²) < 4.78 is 31.9. The molecule has 1 N–H and O–H groups in total. The van der Waals surface area contributed by atoms with Gasteiger partial charge in [-0.3, -0.25) is 0 Å². The highest BCUT2D eigenvalue weighted by molar-refractivity contribution is 7.89. The predicted molar refractivity (Wildman–Crippen MR) is 79.5 cm³/mol. The largest absolute Gasteiger partial charge is 0.472 e. The molecule has 0 fully saturated rings. The SMILES string of the molecule is O=S(=O)(NCc1ccoc1)c1ccc2nc(Cl)ccc2c1. The van der Waals surface area contributed by atoms with Gasteiger partial charge in [-0.1, -0.05) is 11.6 Å². The first kappa shape index (κ1) is 14.1. The molecule has 2 heterocycles. The van der Waals surface area contributed by atoms with Crippen LogP contribution in [0, 0.1) is 0 Å². The van der Waals surface area contributed by atoms with Crippen LogP contribution in [0.2, 0.25) is 5.15 Å². The van der Waals surface area contributed by atoms with E-state index in [-0.39, 0.29) is 11.4 Å². The van der Waals surface area contributed by atoms with E-state index in [4.69, 9.17) is 16.0 Å². The number of pyridine rings is 1. The number of nitrogens with zero attached hydrogens (tertiary/aromatic N) is 1. The third kappa shape index (κ3) is 3.07. The van der Waals surface area contributed by atoms with Gasteiger partial charge in [0.05, 0.1) is 22.9 Å². The number of furan rings is 1. The smallest absolute Gasteiger partial charge is 0.240 e. The molecule has 21 heavy (non-hydrogen) atoms. The number of nitrogens with one attached hydrogen (secondary N) is 1. The summed E-state index contributed by atoms with van der Waals surface area (Å²) >= 11 is 5.80. The summed E-state index contributed by atoms with van der Waals surface area (Å²) in [4.78, 5) is 4.31. The Hall–Kier alpha value is -1.89. The molecule has 3 aromatic rings. The first-order chi connectivity index (χ1) is 10.0. The van der Waals surface area contributed by atoms with Crippen molar-refractivity contribution in [1.82, 2.24) is 9.71 Å². The van der Waals surface area contributed by atoms with Crippen LogP contribution in [0.1, 0.15) is 5.56 Å². The number of halogens is 1. The number of aromatic nitrogens is 1. The molecule has 2 aromatic heterocycles. The number of fused-ring (bicyclic) bond motifs is 1. The van der Waals surface area contributed by atoms with Gasteiger partial charge in [0, 0.05) is 17.5 Å². The Balaban J connectivity index is 1.89. The summed E-state index contributed by atoms with van der Waals surface area (Å²) in [5.74, 6) is 0. The van der Waals surface area contributed by atoms with Crippen molar-refractivity contribution in [3.8, 4) is 0 Å². The maximum atomic E-state index is 12.2. The minimum atomic E-state index is -3.59. The molecule has 0 saturated carbocycles. The molecule has 0 atom stereocenters. The molecular weight excluding hydrogens is 312 g/mol. The zero-order chi connectivity index (χ0) is 14.9. The van der Waals surface area contributed by atoms with Gasteiger partial charge < -0.3 is 4.42 Å². The van der Waals surface area contributed by atoms with E-state index in [2.05, 4.69) is 9.71 Å². The molecule has 0 unspecified atom stereocenters. The van der Waals surface area contributed by atoms with Crippen molar-refractivity contribution < 1.29 is 12.8 Å². The molecular formula is C14H11ClN2O3S. The maximum absolute atomic E-state index is 12.2. The second-order valence-electron chi connectivity index (χ2n) is 4.44. The molecule has 3 rings (SSSR count). The fourth-order valence-electron chi connectivity index (χ4n) is 1.90. The van der Waals surface area contributed by atoms with Crippen LogP contribution in [-0.4, -0.2) is 13.4 Å². The van der Waals surface area contributed by atoms with Crippen molar-refractivity contribution in [2.45, 2.75) is 11.4 Å². The van der Waals surface area contributed by atoms with Gasteiger partial charge in [0.1, 0.15) is 5.15 Å². The van der Waals surface area contributed by atoms with Gasteiger partial charge in [0.25, 0.3) is 0 Å². The Morgan fingerprint density at radius 1 is 1.19 bits per heavy atom. The van der Waals surface area contributed by atoms with E-state index >= 15 is 0 Å². The molecule has 0 saturated heterocycles. The lowest BCUT2D eigenvalue weighted by atomic mass is 10.2. The molecule has 0 bridgehead atoms. The normalized spacial score (nSPS) is 11.9. The average molecular weight is 323 g/mol. The fraction of sp³-hybridized carbons (Fsp3) is 0.0714. The zero-order valence-corrected chi connectivity index (χ0v) is 12.4. The van der Waals surface area contributed by atoms with Gasteiger partial charge in [0.2, 0.25) is 10.0 Å². The number of rotatable bonds is 4. The first-order valence-electron chi connectivity index (χ1n) is 6.12. The summed E-state index contributed by atoms with van der Waals surface area (Å²) in [5.41, 5.74) is 1.41. The number of sulfonamides is 1. The van der Waals surface area contributed by atoms with E-state index in [0.717, 1.165) is 5.56 Å². The molecule has 0 aliphatic carbocycles. The molecule has 1 aromatic carbocycles. The Morgan fingerprint density at radius 2 is 2.05 bits per heavy atom. The van der Waals surface area contributed by atoms with E-state index in [1.807, 2.05) is 0 Å². The molecule has 108 valence electrons. The first-order valence-corrected chi connectivity index (χ1v) is 7.98. The van der Waals surface area contributed by atoms with Crippen molar-refractivity contribution in [3.63, 3.8) is 0 Å². The number of hydrogen-bond donors (Lipinski definition) is 1. The quantitative estimate of drug-likeness (QED) is 0.750. The second-order valence-corrected chi connectivity index (χ2v) is 6.60. The van der Waals surface area contributed by atoms with Gasteiger partial charge in [0.15, 0.2) is 0 Å². The number of benzene rings is 1. The minimum absolute atomic E-state index is 0.176. The highest BCUT2D eigenvalue weighted by Crippen LogP contribution is 2.20. The summed E-state index contributed by atoms with van der Waals surface area (Å²) in [6.07, 6.45) is 2.99. The van der Waals surface area contributed by atoms with Gasteiger partial charge in [-0.15, -0.1) is 0 Å². The van der Waals surface area contributed by atoms with E-state index in [9.17, 15) is 8.42 Å². The minimum Gasteiger partial charge on any atom is -0.472 e. The number of hydrogen-bond acceptors (Lipinski definition) is 4. The lowest BCUT2D eigenvalue weighted by molar-refractivity contribution is 0.561. The lowest BCUT2D eigenvalue weighted by Crippen LogP contribution is -2.22. The summed E-state index contributed by atoms with van der Waals surface area (Å²) in [6.45, 7) is 0.176. The lowest BCUT2D eigenvalue weighted by Gasteiger charge is -2.07. The summed E-state index contributed by atoms with van der Waals surface area (Å²) in [7, 11) is -3.59. The van der Waals surface area contributed by atoms with E-state index in [1.54, 1.807) is 30.3 Å². The van der Waals surface area contributed by atoms with E-state index in [1.165, 1.54) is 18.6 Å². The van der Waals surface area contributed by atoms with Crippen molar-refractivity contribution in [3.05, 3.63) is 59.6 Å². The average Bonchev–Trinajstić information content (AvgIpc) is 2.98. The van der Waals surface area contributed by atoms with Crippen LogP contribution in [0.25, 0.3) is 10.9 Å². The topological polar surface area (TPSA) is 72.2 Å². The van der Waals surface area contributed by atoms with Crippen LogP contribution < -0.4 is 4.72 Å². The van der Waals surface area contributed by atoms with Crippen molar-refractivity contribution in [2.24, 2.45) is 0 Å². The van der Waals surface area contributed by atoms with Crippen LogP contribution in [0.15, 0.2) is 58.2 Å². The molecule has 0 aliphatic heterocycles. The van der Waals surface area contributed by atoms with Crippen LogP contribution >= 0.6 is 11.6 Å². The van der Waals surface area contributed by atoms with E-state index in [0.29, 0.717) is 16.1 Å². The predicted octanol–water partition coefficient (Wildman–Crippen LogP) is 2.96. The van der Waals surface area contributed by atoms with Crippen molar-refractivity contribution in [2.75, 3.05) is 0 Å². The van der Waals surface area contributed by atoms with Crippen LogP contribution in [-0.2, 0) is 16.6 Å². The van der Waals surface area contributed by atoms with Crippen LogP contribution in [0.4, 0.5) is 0 Å². The monoisotopic (exact) mass is 322 g/mol. The Morgan fingerprint density at radius 3 is 2.81 bits per heavy atom. The van der Waals surface area contributed by atoms with Crippen molar-refractivity contribution in [1.29, 1.82) is 0 Å². The highest BCUT2D eigenvalue weighted by Gasteiger charge is 2.14. The Labute approximate surface area is 126 Å². The second kappa shape index (κ2) is 5.48. The fourth-order valence-corrected chi connectivity index (χ4v) is 3.11. The Kier molecular flexibility index (Phi) is 3.67. The molecule has 0 spiro atoms. The zero-order valence-electron chi connectivity index (χ0n) is 10.8. The van der Waals surface area contributed by atoms with Crippen LogP contribution in [0.5, 0.6) is 0 Å². The standard InChI is InChI=1S/C14H11ClN2O3S/c15-14-4-1-11-7-12(2-3-13(11)17-14)21(18,19)16-8-10-5-6-20-9-10/h1-7,9,16H,8H2. The molecule has 7 heteroatoms. The highest BCUT2D eigenvalue weighted by atomic mass is 35.5. The maximum Gasteiger partial charge on any atom is 0.240 e. The molecule has 0 radical (unpaired) electrons. The third-order valence-electron chi connectivity index (χ3n) is 2.98. The Bertz CT molecular complexity index is 876. The van der Waals surface area contributed by atoms with E-state index < -0.39 is 10.0 Å². The summed E-state index contributed by atoms with van der Waals surface area (Å²) in [5, 5.41) is 1.08. The van der Waals surface area contributed by atoms with Gasteiger partial charge in [-0.05, 0) is 36.4 Å². The third-order valence-corrected chi connectivity index (χ3v) is 4.59.